The lowest BCUT2D eigenvalue weighted by Gasteiger charge is -2.06. The second-order valence-electron chi connectivity index (χ2n) is 5.65. The maximum absolute atomic E-state index is 12.4. The van der Waals surface area contributed by atoms with Crippen LogP contribution in [0.3, 0.4) is 0 Å². The van der Waals surface area contributed by atoms with Crippen LogP contribution in [0.2, 0.25) is 0 Å². The van der Waals surface area contributed by atoms with Crippen LogP contribution in [-0.2, 0) is 20.9 Å². The van der Waals surface area contributed by atoms with Gasteiger partial charge < -0.3 is 9.30 Å². The molecule has 6 nitrogen and oxygen atoms in total. The molecule has 1 saturated heterocycles. The van der Waals surface area contributed by atoms with Crippen molar-refractivity contribution in [1.82, 2.24) is 9.47 Å². The molecule has 0 N–H and O–H groups in total. The smallest absolute Gasteiger partial charge is 0.325 e. The lowest BCUT2D eigenvalue weighted by molar-refractivity contribution is -0.143. The van der Waals surface area contributed by atoms with Crippen LogP contribution in [0.1, 0.15) is 12.5 Å². The zero-order chi connectivity index (χ0) is 19.6. The number of carbonyl (C=O) groups excluding carboxylic acids is 3. The predicted octanol–water partition coefficient (Wildman–Crippen LogP) is 3.64. The van der Waals surface area contributed by atoms with Gasteiger partial charge in [0, 0.05) is 27.1 Å². The molecule has 8 heteroatoms. The molecule has 0 atom stereocenters. The number of terminal acetylenes is 1. The van der Waals surface area contributed by atoms with Crippen molar-refractivity contribution in [3.05, 3.63) is 39.3 Å². The number of aromatic nitrogens is 1. The van der Waals surface area contributed by atoms with Gasteiger partial charge in [0.05, 0.1) is 18.1 Å². The minimum atomic E-state index is -0.413. The first-order valence-electron chi connectivity index (χ1n) is 8.07. The van der Waals surface area contributed by atoms with Crippen molar-refractivity contribution in [2.45, 2.75) is 13.5 Å². The molecule has 0 saturated carbocycles. The van der Waals surface area contributed by atoms with Gasteiger partial charge in [-0.1, -0.05) is 21.9 Å². The van der Waals surface area contributed by atoms with E-state index in [1.165, 1.54) is 0 Å². The van der Waals surface area contributed by atoms with E-state index in [-0.39, 0.29) is 24.3 Å². The lowest BCUT2D eigenvalue weighted by atomic mass is 10.1. The number of esters is 1. The highest BCUT2D eigenvalue weighted by molar-refractivity contribution is 9.10. The minimum Gasteiger partial charge on any atom is -0.465 e. The Kier molecular flexibility index (Phi) is 5.73. The Labute approximate surface area is 168 Å². The number of fused-ring (bicyclic) bond motifs is 1. The summed E-state index contributed by atoms with van der Waals surface area (Å²) < 4.78 is 7.64. The Hall–Kier alpha value is -2.50. The Balaban J connectivity index is 2.03. The minimum absolute atomic E-state index is 0.0540. The van der Waals surface area contributed by atoms with Gasteiger partial charge in [0.25, 0.3) is 11.1 Å². The van der Waals surface area contributed by atoms with Crippen LogP contribution in [-0.4, -0.2) is 39.7 Å². The standard InChI is InChI=1S/C19H15BrN2O4S/c1-3-7-22-18(24)16(27-19(22)25)8-12-10-21(11-17(23)26-4-2)15-6-5-13(20)9-14(12)15/h1,5-6,8-10H,4,7,11H2,2H3/b16-8-. The van der Waals surface area contributed by atoms with Gasteiger partial charge in [-0.2, -0.15) is 0 Å². The third-order valence-corrected chi connectivity index (χ3v) is 5.29. The number of hydrogen-bond acceptors (Lipinski definition) is 5. The molecule has 1 aliphatic heterocycles. The maximum atomic E-state index is 12.4. The topological polar surface area (TPSA) is 68.6 Å². The number of nitrogens with zero attached hydrogens (tertiary/aromatic N) is 2. The van der Waals surface area contributed by atoms with E-state index >= 15 is 0 Å². The fourth-order valence-electron chi connectivity index (χ4n) is 2.76. The van der Waals surface area contributed by atoms with E-state index in [2.05, 4.69) is 21.9 Å². The normalized spacial score (nSPS) is 15.6. The molecule has 3 rings (SSSR count). The molecule has 0 bridgehead atoms. The third-order valence-electron chi connectivity index (χ3n) is 3.89. The van der Waals surface area contributed by atoms with Gasteiger partial charge in [-0.3, -0.25) is 19.3 Å². The molecule has 0 aliphatic carbocycles. The second kappa shape index (κ2) is 8.03. The van der Waals surface area contributed by atoms with Crippen LogP contribution < -0.4 is 0 Å². The van der Waals surface area contributed by atoms with Crippen molar-refractivity contribution in [3.63, 3.8) is 0 Å². The van der Waals surface area contributed by atoms with Crippen molar-refractivity contribution in [3.8, 4) is 12.3 Å². The van der Waals surface area contributed by atoms with E-state index in [1.807, 2.05) is 18.2 Å². The number of imide groups is 1. The fraction of sp³-hybridized carbons (Fsp3) is 0.211. The van der Waals surface area contributed by atoms with Crippen molar-refractivity contribution in [1.29, 1.82) is 0 Å². The van der Waals surface area contributed by atoms with Gasteiger partial charge in [-0.25, -0.2) is 0 Å². The number of hydrogen-bond donors (Lipinski definition) is 0. The third kappa shape index (κ3) is 3.94. The number of ether oxygens (including phenoxy) is 1. The van der Waals surface area contributed by atoms with Gasteiger partial charge in [0.15, 0.2) is 0 Å². The Morgan fingerprint density at radius 2 is 2.19 bits per heavy atom. The van der Waals surface area contributed by atoms with Crippen LogP contribution >= 0.6 is 27.7 Å². The molecule has 1 aromatic carbocycles. The van der Waals surface area contributed by atoms with Crippen molar-refractivity contribution < 1.29 is 19.1 Å². The van der Waals surface area contributed by atoms with Crippen LogP contribution in [0.5, 0.6) is 0 Å². The number of carbonyl (C=O) groups is 3. The molecule has 138 valence electrons. The summed E-state index contributed by atoms with van der Waals surface area (Å²) >= 11 is 4.29. The molecular formula is C19H15BrN2O4S. The zero-order valence-corrected chi connectivity index (χ0v) is 16.8. The van der Waals surface area contributed by atoms with E-state index in [0.29, 0.717) is 11.5 Å². The number of amides is 2. The highest BCUT2D eigenvalue weighted by Crippen LogP contribution is 2.34. The first-order chi connectivity index (χ1) is 12.9. The summed E-state index contributed by atoms with van der Waals surface area (Å²) in [6.45, 7) is 2.05. The van der Waals surface area contributed by atoms with Crippen molar-refractivity contribution >= 4 is 61.8 Å². The van der Waals surface area contributed by atoms with Gasteiger partial charge in [-0.05, 0) is 43.0 Å². The maximum Gasteiger partial charge on any atom is 0.325 e. The Morgan fingerprint density at radius 3 is 2.89 bits per heavy atom. The number of halogens is 1. The van der Waals surface area contributed by atoms with Crippen LogP contribution in [0.15, 0.2) is 33.8 Å². The van der Waals surface area contributed by atoms with Gasteiger partial charge in [0.1, 0.15) is 6.54 Å². The molecule has 0 unspecified atom stereocenters. The zero-order valence-electron chi connectivity index (χ0n) is 14.4. The van der Waals surface area contributed by atoms with Crippen LogP contribution in [0.4, 0.5) is 4.79 Å². The molecule has 2 aromatic rings. The average Bonchev–Trinajstić information content (AvgIpc) is 3.07. The van der Waals surface area contributed by atoms with E-state index in [1.54, 1.807) is 23.8 Å². The average molecular weight is 447 g/mol. The lowest BCUT2D eigenvalue weighted by Crippen LogP contribution is -2.28. The summed E-state index contributed by atoms with van der Waals surface area (Å²) in [5.41, 5.74) is 1.54. The molecule has 0 radical (unpaired) electrons. The summed E-state index contributed by atoms with van der Waals surface area (Å²) in [5, 5.41) is 0.457. The molecule has 1 aromatic heterocycles. The Bertz CT molecular complexity index is 1020. The second-order valence-corrected chi connectivity index (χ2v) is 7.56. The number of benzene rings is 1. The predicted molar refractivity (Wildman–Crippen MR) is 108 cm³/mol. The Morgan fingerprint density at radius 1 is 1.41 bits per heavy atom. The van der Waals surface area contributed by atoms with Gasteiger partial charge in [-0.15, -0.1) is 6.42 Å². The molecule has 27 heavy (non-hydrogen) atoms. The summed E-state index contributed by atoms with van der Waals surface area (Å²) in [5.74, 6) is 1.55. The van der Waals surface area contributed by atoms with E-state index in [4.69, 9.17) is 11.2 Å². The van der Waals surface area contributed by atoms with Crippen molar-refractivity contribution in [2.24, 2.45) is 0 Å². The molecule has 2 heterocycles. The summed E-state index contributed by atoms with van der Waals surface area (Å²) in [7, 11) is 0. The van der Waals surface area contributed by atoms with Gasteiger partial charge >= 0.3 is 5.97 Å². The highest BCUT2D eigenvalue weighted by atomic mass is 79.9. The van der Waals surface area contributed by atoms with E-state index in [0.717, 1.165) is 37.6 Å². The summed E-state index contributed by atoms with van der Waals surface area (Å²) in [4.78, 5) is 37.6. The first-order valence-corrected chi connectivity index (χ1v) is 9.68. The highest BCUT2D eigenvalue weighted by Gasteiger charge is 2.34. The molecule has 1 aliphatic rings. The van der Waals surface area contributed by atoms with E-state index < -0.39 is 5.91 Å². The monoisotopic (exact) mass is 446 g/mol. The SMILES string of the molecule is C#CCN1C(=O)S/C(=C\c2cn(CC(=O)OCC)c3ccc(Br)cc23)C1=O. The molecule has 0 spiro atoms. The first kappa shape index (κ1) is 19.3. The largest absolute Gasteiger partial charge is 0.465 e. The molecule has 1 fully saturated rings. The molecular weight excluding hydrogens is 432 g/mol. The summed E-state index contributed by atoms with van der Waals surface area (Å²) in [6, 6.07) is 5.64. The number of rotatable bonds is 5. The van der Waals surface area contributed by atoms with Crippen LogP contribution in [0.25, 0.3) is 17.0 Å². The summed E-state index contributed by atoms with van der Waals surface area (Å²) in [6.07, 6.45) is 8.64. The van der Waals surface area contributed by atoms with Gasteiger partial charge in [0.2, 0.25) is 0 Å². The number of thioether (sulfide) groups is 1. The van der Waals surface area contributed by atoms with Crippen molar-refractivity contribution in [2.75, 3.05) is 13.2 Å². The van der Waals surface area contributed by atoms with E-state index in [9.17, 15) is 14.4 Å². The fourth-order valence-corrected chi connectivity index (χ4v) is 3.95. The molecule has 2 amide bonds. The van der Waals surface area contributed by atoms with Crippen LogP contribution in [0, 0.1) is 12.3 Å². The quantitative estimate of drug-likeness (QED) is 0.398.